The first kappa shape index (κ1) is 11.0. The van der Waals surface area contributed by atoms with Gasteiger partial charge in [0.2, 0.25) is 0 Å². The average molecular weight is 193 g/mol. The Hall–Kier alpha value is -1.09. The Labute approximate surface area is 85.8 Å². The molecule has 0 spiro atoms. The topological polar surface area (TPSA) is 29.9 Å². The fraction of sp³-hybridized carbons (Fsp3) is 0.545. The molecule has 3 nitrogen and oxygen atoms in total. The fourth-order valence-corrected chi connectivity index (χ4v) is 1.31. The minimum absolute atomic E-state index is 0.476. The van der Waals surface area contributed by atoms with Crippen molar-refractivity contribution in [1.82, 2.24) is 14.9 Å². The van der Waals surface area contributed by atoms with Gasteiger partial charge in [0.05, 0.1) is 6.33 Å². The minimum atomic E-state index is 0.476. The Kier molecular flexibility index (Phi) is 4.40. The summed E-state index contributed by atoms with van der Waals surface area (Å²) in [5.41, 5.74) is 1.23. The molecule has 78 valence electrons. The second-order valence-electron chi connectivity index (χ2n) is 3.82. The van der Waals surface area contributed by atoms with Gasteiger partial charge in [-0.25, -0.2) is 4.98 Å². The van der Waals surface area contributed by atoms with Gasteiger partial charge in [-0.2, -0.15) is 0 Å². The van der Waals surface area contributed by atoms with Crippen LogP contribution in [0, 0.1) is 0 Å². The maximum Gasteiger partial charge on any atom is 0.0946 e. The van der Waals surface area contributed by atoms with Crippen LogP contribution >= 0.6 is 0 Å². The van der Waals surface area contributed by atoms with Crippen LogP contribution in [0.3, 0.4) is 0 Å². The van der Waals surface area contributed by atoms with Gasteiger partial charge in [-0.3, -0.25) is 0 Å². The van der Waals surface area contributed by atoms with Gasteiger partial charge in [-0.1, -0.05) is 5.57 Å². The predicted molar refractivity (Wildman–Crippen MR) is 59.1 cm³/mol. The molecule has 1 aromatic rings. The molecule has 0 amide bonds. The molecule has 0 fully saturated rings. The molecular formula is C11H19N3. The number of hydrogen-bond acceptors (Lipinski definition) is 2. The summed E-state index contributed by atoms with van der Waals surface area (Å²) in [6, 6.07) is 0.476. The van der Waals surface area contributed by atoms with Gasteiger partial charge in [0.15, 0.2) is 0 Å². The zero-order chi connectivity index (χ0) is 10.4. The van der Waals surface area contributed by atoms with Gasteiger partial charge in [0.25, 0.3) is 0 Å². The van der Waals surface area contributed by atoms with Crippen molar-refractivity contribution in [3.05, 3.63) is 30.9 Å². The van der Waals surface area contributed by atoms with Gasteiger partial charge >= 0.3 is 0 Å². The number of nitrogens with zero attached hydrogens (tertiary/aromatic N) is 2. The highest BCUT2D eigenvalue weighted by Crippen LogP contribution is 1.95. The Bertz CT molecular complexity index is 264. The third-order valence-electron chi connectivity index (χ3n) is 2.09. The summed E-state index contributed by atoms with van der Waals surface area (Å²) in [5, 5.41) is 3.44. The van der Waals surface area contributed by atoms with Gasteiger partial charge in [-0.05, 0) is 26.8 Å². The van der Waals surface area contributed by atoms with Crippen molar-refractivity contribution in [3.8, 4) is 0 Å². The Morgan fingerprint density at radius 2 is 2.43 bits per heavy atom. The van der Waals surface area contributed by atoms with Crippen LogP contribution in [0.4, 0.5) is 0 Å². The molecule has 0 saturated carbocycles. The quantitative estimate of drug-likeness (QED) is 0.698. The average Bonchev–Trinajstić information content (AvgIpc) is 2.56. The largest absolute Gasteiger partial charge is 0.336 e. The molecule has 0 aliphatic heterocycles. The number of nitrogens with one attached hydrogen (secondary N) is 1. The summed E-state index contributed by atoms with van der Waals surface area (Å²) in [4.78, 5) is 4.00. The van der Waals surface area contributed by atoms with Crippen LogP contribution in [-0.2, 0) is 6.54 Å². The van der Waals surface area contributed by atoms with Crippen molar-refractivity contribution in [2.45, 2.75) is 32.9 Å². The molecule has 3 heteroatoms. The predicted octanol–water partition coefficient (Wildman–Crippen LogP) is 1.83. The second-order valence-corrected chi connectivity index (χ2v) is 3.82. The molecule has 0 bridgehead atoms. The number of aromatic nitrogens is 2. The third-order valence-corrected chi connectivity index (χ3v) is 2.09. The van der Waals surface area contributed by atoms with Gasteiger partial charge in [0, 0.05) is 25.0 Å². The molecule has 0 aliphatic carbocycles. The molecule has 0 radical (unpaired) electrons. The van der Waals surface area contributed by atoms with E-state index in [-0.39, 0.29) is 0 Å². The molecule has 1 rings (SSSR count). The zero-order valence-corrected chi connectivity index (χ0v) is 9.03. The summed E-state index contributed by atoms with van der Waals surface area (Å²) in [6.07, 6.45) is 6.68. The summed E-state index contributed by atoms with van der Waals surface area (Å²) < 4.78 is 2.08. The smallest absolute Gasteiger partial charge is 0.0946 e. The maximum atomic E-state index is 4.00. The molecule has 14 heavy (non-hydrogen) atoms. The highest BCUT2D eigenvalue weighted by molar-refractivity contribution is 4.88. The lowest BCUT2D eigenvalue weighted by Crippen LogP contribution is -2.30. The summed E-state index contributed by atoms with van der Waals surface area (Å²) >= 11 is 0. The molecular weight excluding hydrogens is 174 g/mol. The molecule has 1 N–H and O–H groups in total. The van der Waals surface area contributed by atoms with Crippen LogP contribution in [0.1, 0.15) is 20.3 Å². The monoisotopic (exact) mass is 193 g/mol. The van der Waals surface area contributed by atoms with Crippen LogP contribution in [0.5, 0.6) is 0 Å². The molecule has 1 aromatic heterocycles. The number of hydrogen-bond donors (Lipinski definition) is 1. The van der Waals surface area contributed by atoms with Crippen molar-refractivity contribution in [3.63, 3.8) is 0 Å². The zero-order valence-electron chi connectivity index (χ0n) is 9.03. The lowest BCUT2D eigenvalue weighted by Gasteiger charge is -2.14. The lowest BCUT2D eigenvalue weighted by molar-refractivity contribution is 0.479. The van der Waals surface area contributed by atoms with Crippen LogP contribution in [0.25, 0.3) is 0 Å². The highest BCUT2D eigenvalue weighted by Gasteiger charge is 2.00. The van der Waals surface area contributed by atoms with Crippen molar-refractivity contribution < 1.29 is 0 Å². The first-order chi connectivity index (χ1) is 6.68. The Morgan fingerprint density at radius 3 is 3.00 bits per heavy atom. The lowest BCUT2D eigenvalue weighted by atomic mass is 10.2. The summed E-state index contributed by atoms with van der Waals surface area (Å²) in [6.45, 7) is 10.1. The van der Waals surface area contributed by atoms with E-state index in [1.807, 2.05) is 12.5 Å². The third kappa shape index (κ3) is 4.23. The standard InChI is InChI=1S/C11H19N3/c1-10(2)4-5-13-11(3)8-14-7-6-12-9-14/h6-7,9,11,13H,1,4-5,8H2,2-3H3. The molecule has 1 heterocycles. The first-order valence-corrected chi connectivity index (χ1v) is 5.02. The maximum absolute atomic E-state index is 4.00. The van der Waals surface area contributed by atoms with Crippen LogP contribution < -0.4 is 5.32 Å². The van der Waals surface area contributed by atoms with Crippen LogP contribution in [0.2, 0.25) is 0 Å². The highest BCUT2D eigenvalue weighted by atomic mass is 15.1. The minimum Gasteiger partial charge on any atom is -0.336 e. The van der Waals surface area contributed by atoms with Crippen molar-refractivity contribution in [1.29, 1.82) is 0 Å². The molecule has 1 atom stereocenters. The molecule has 0 aromatic carbocycles. The van der Waals surface area contributed by atoms with Gasteiger partial charge in [-0.15, -0.1) is 6.58 Å². The van der Waals surface area contributed by atoms with E-state index in [4.69, 9.17) is 0 Å². The number of rotatable bonds is 6. The normalized spacial score (nSPS) is 12.7. The number of imidazole rings is 1. The van der Waals surface area contributed by atoms with Gasteiger partial charge < -0.3 is 9.88 Å². The van der Waals surface area contributed by atoms with Gasteiger partial charge in [0.1, 0.15) is 0 Å². The summed E-state index contributed by atoms with van der Waals surface area (Å²) in [7, 11) is 0. The van der Waals surface area contributed by atoms with E-state index >= 15 is 0 Å². The van der Waals surface area contributed by atoms with E-state index in [0.29, 0.717) is 6.04 Å². The second kappa shape index (κ2) is 5.60. The van der Waals surface area contributed by atoms with Crippen molar-refractivity contribution in [2.75, 3.05) is 6.54 Å². The van der Waals surface area contributed by atoms with Crippen molar-refractivity contribution >= 4 is 0 Å². The van der Waals surface area contributed by atoms with Crippen molar-refractivity contribution in [2.24, 2.45) is 0 Å². The Balaban J connectivity index is 2.16. The van der Waals surface area contributed by atoms with Crippen LogP contribution in [0.15, 0.2) is 30.9 Å². The molecule has 0 aliphatic rings. The first-order valence-electron chi connectivity index (χ1n) is 5.02. The van der Waals surface area contributed by atoms with E-state index < -0.39 is 0 Å². The van der Waals surface area contributed by atoms with E-state index in [0.717, 1.165) is 19.5 Å². The SMILES string of the molecule is C=C(C)CCNC(C)Cn1ccnc1. The summed E-state index contributed by atoms with van der Waals surface area (Å²) in [5.74, 6) is 0. The Morgan fingerprint density at radius 1 is 1.64 bits per heavy atom. The van der Waals surface area contributed by atoms with Crippen LogP contribution in [-0.4, -0.2) is 22.1 Å². The molecule has 1 unspecified atom stereocenters. The van der Waals surface area contributed by atoms with E-state index in [1.165, 1.54) is 5.57 Å². The van der Waals surface area contributed by atoms with E-state index in [1.54, 1.807) is 6.20 Å². The van der Waals surface area contributed by atoms with E-state index in [2.05, 4.69) is 35.3 Å². The van der Waals surface area contributed by atoms with E-state index in [9.17, 15) is 0 Å². The fourth-order valence-electron chi connectivity index (χ4n) is 1.31. The molecule has 0 saturated heterocycles.